The fraction of sp³-hybridized carbons (Fsp3) is 0.609. The lowest BCUT2D eigenvalue weighted by Crippen LogP contribution is -2.40. The van der Waals surface area contributed by atoms with E-state index in [1.54, 1.807) is 0 Å². The van der Waals surface area contributed by atoms with Crippen LogP contribution in [0.15, 0.2) is 37.1 Å². The van der Waals surface area contributed by atoms with Crippen LogP contribution in [-0.2, 0) is 11.3 Å². The SMILES string of the molecule is CC(C)n1cnc(C2CN(Cc3cccnc3)CC23CCN(CC2CC2)C3=O)c1. The molecule has 0 radical (unpaired) electrons. The Morgan fingerprint density at radius 2 is 2.17 bits per heavy atom. The fourth-order valence-corrected chi connectivity index (χ4v) is 5.18. The molecular formula is C23H31N5O. The first-order valence-corrected chi connectivity index (χ1v) is 11.0. The van der Waals surface area contributed by atoms with Crippen molar-refractivity contribution in [2.24, 2.45) is 11.3 Å². The van der Waals surface area contributed by atoms with E-state index >= 15 is 0 Å². The molecule has 1 spiro atoms. The van der Waals surface area contributed by atoms with E-state index in [2.05, 4.69) is 45.5 Å². The Kier molecular flexibility index (Phi) is 4.69. The number of carbonyl (C=O) groups is 1. The van der Waals surface area contributed by atoms with Crippen molar-refractivity contribution in [1.29, 1.82) is 0 Å². The van der Waals surface area contributed by atoms with Gasteiger partial charge in [-0.1, -0.05) is 6.07 Å². The summed E-state index contributed by atoms with van der Waals surface area (Å²) in [5.41, 5.74) is 1.96. The van der Waals surface area contributed by atoms with Gasteiger partial charge in [-0.05, 0) is 50.7 Å². The molecule has 6 heteroatoms. The third kappa shape index (κ3) is 3.48. The average Bonchev–Trinajstić information content (AvgIpc) is 3.13. The number of amides is 1. The lowest BCUT2D eigenvalue weighted by Gasteiger charge is -2.28. The smallest absolute Gasteiger partial charge is 0.230 e. The van der Waals surface area contributed by atoms with Crippen LogP contribution in [0, 0.1) is 11.3 Å². The lowest BCUT2D eigenvalue weighted by molar-refractivity contribution is -0.136. The van der Waals surface area contributed by atoms with Crippen molar-refractivity contribution >= 4 is 5.91 Å². The van der Waals surface area contributed by atoms with Gasteiger partial charge in [0.05, 0.1) is 17.4 Å². The third-order valence-electron chi connectivity index (χ3n) is 7.03. The highest BCUT2D eigenvalue weighted by Crippen LogP contribution is 2.50. The second kappa shape index (κ2) is 7.24. The predicted molar refractivity (Wildman–Crippen MR) is 111 cm³/mol. The standard InChI is InChI=1S/C23H31N5O/c1-17(2)28-14-21(25-16-28)20-13-26(11-19-4-3-8-24-10-19)15-23(20)7-9-27(22(23)29)12-18-5-6-18/h3-4,8,10,14,16-18,20H,5-7,9,11-13,15H2,1-2H3. The fourth-order valence-electron chi connectivity index (χ4n) is 5.18. The van der Waals surface area contributed by atoms with Gasteiger partial charge in [0, 0.05) is 63.3 Å². The Bertz CT molecular complexity index is 874. The number of aromatic nitrogens is 3. The Labute approximate surface area is 172 Å². The van der Waals surface area contributed by atoms with E-state index in [0.29, 0.717) is 11.9 Å². The van der Waals surface area contributed by atoms with Crippen molar-refractivity contribution < 1.29 is 4.79 Å². The first-order valence-electron chi connectivity index (χ1n) is 11.0. The van der Waals surface area contributed by atoms with Crippen LogP contribution < -0.4 is 0 Å². The maximum absolute atomic E-state index is 13.7. The molecule has 1 amide bonds. The molecule has 2 aromatic heterocycles. The normalized spacial score (nSPS) is 27.6. The number of nitrogens with zero attached hydrogens (tertiary/aromatic N) is 5. The van der Waals surface area contributed by atoms with Crippen LogP contribution in [-0.4, -0.2) is 56.4 Å². The minimum atomic E-state index is -0.326. The number of pyridine rings is 1. The van der Waals surface area contributed by atoms with Crippen LogP contribution in [0.2, 0.25) is 0 Å². The molecule has 2 aliphatic heterocycles. The van der Waals surface area contributed by atoms with Gasteiger partial charge < -0.3 is 9.47 Å². The highest BCUT2D eigenvalue weighted by molar-refractivity contribution is 5.87. The maximum Gasteiger partial charge on any atom is 0.230 e. The van der Waals surface area contributed by atoms with Gasteiger partial charge in [-0.15, -0.1) is 0 Å². The Morgan fingerprint density at radius 3 is 2.86 bits per heavy atom. The van der Waals surface area contributed by atoms with Crippen molar-refractivity contribution in [3.05, 3.63) is 48.3 Å². The van der Waals surface area contributed by atoms with Gasteiger partial charge in [0.25, 0.3) is 0 Å². The molecule has 3 fully saturated rings. The maximum atomic E-state index is 13.7. The molecule has 2 atom stereocenters. The van der Waals surface area contributed by atoms with Crippen molar-refractivity contribution in [3.63, 3.8) is 0 Å². The van der Waals surface area contributed by atoms with Crippen LogP contribution in [0.5, 0.6) is 0 Å². The number of imidazole rings is 1. The van der Waals surface area contributed by atoms with Crippen LogP contribution in [0.25, 0.3) is 0 Å². The first kappa shape index (κ1) is 18.8. The van der Waals surface area contributed by atoms with Crippen LogP contribution >= 0.6 is 0 Å². The highest BCUT2D eigenvalue weighted by atomic mass is 16.2. The lowest BCUT2D eigenvalue weighted by atomic mass is 9.75. The molecule has 4 heterocycles. The molecule has 3 aliphatic rings. The molecule has 2 aromatic rings. The molecule has 0 N–H and O–H groups in total. The van der Waals surface area contributed by atoms with E-state index in [-0.39, 0.29) is 11.3 Å². The number of hydrogen-bond acceptors (Lipinski definition) is 4. The number of likely N-dealkylation sites (tertiary alicyclic amines) is 2. The minimum absolute atomic E-state index is 0.163. The van der Waals surface area contributed by atoms with E-state index in [4.69, 9.17) is 4.98 Å². The van der Waals surface area contributed by atoms with E-state index in [0.717, 1.165) is 50.8 Å². The molecule has 1 saturated carbocycles. The van der Waals surface area contributed by atoms with Crippen molar-refractivity contribution in [2.75, 3.05) is 26.2 Å². The largest absolute Gasteiger partial charge is 0.342 e. The molecule has 0 bridgehead atoms. The monoisotopic (exact) mass is 393 g/mol. The van der Waals surface area contributed by atoms with Crippen molar-refractivity contribution in [2.45, 2.75) is 51.6 Å². The van der Waals surface area contributed by atoms with E-state index in [1.807, 2.05) is 24.8 Å². The van der Waals surface area contributed by atoms with Gasteiger partial charge in [-0.2, -0.15) is 0 Å². The summed E-state index contributed by atoms with van der Waals surface area (Å²) in [5, 5.41) is 0. The van der Waals surface area contributed by atoms with E-state index in [1.165, 1.54) is 18.4 Å². The molecule has 2 saturated heterocycles. The number of hydrogen-bond donors (Lipinski definition) is 0. The van der Waals surface area contributed by atoms with Crippen LogP contribution in [0.1, 0.15) is 56.3 Å². The van der Waals surface area contributed by atoms with E-state index in [9.17, 15) is 4.79 Å². The molecule has 0 aromatic carbocycles. The highest BCUT2D eigenvalue weighted by Gasteiger charge is 2.58. The Hall–Kier alpha value is -2.21. The van der Waals surface area contributed by atoms with Crippen molar-refractivity contribution in [3.8, 4) is 0 Å². The zero-order valence-electron chi connectivity index (χ0n) is 17.5. The summed E-state index contributed by atoms with van der Waals surface area (Å²) in [6.45, 7) is 8.74. The summed E-state index contributed by atoms with van der Waals surface area (Å²) >= 11 is 0. The minimum Gasteiger partial charge on any atom is -0.342 e. The quantitative estimate of drug-likeness (QED) is 0.757. The number of carbonyl (C=O) groups excluding carboxylic acids is 1. The summed E-state index contributed by atoms with van der Waals surface area (Å²) in [5.74, 6) is 1.26. The number of rotatable bonds is 6. The van der Waals surface area contributed by atoms with Gasteiger partial charge in [0.15, 0.2) is 0 Å². The molecule has 2 unspecified atom stereocenters. The molecule has 29 heavy (non-hydrogen) atoms. The van der Waals surface area contributed by atoms with Gasteiger partial charge >= 0.3 is 0 Å². The summed E-state index contributed by atoms with van der Waals surface area (Å²) < 4.78 is 2.16. The zero-order chi connectivity index (χ0) is 20.0. The zero-order valence-corrected chi connectivity index (χ0v) is 17.5. The second-order valence-electron chi connectivity index (χ2n) is 9.52. The summed E-state index contributed by atoms with van der Waals surface area (Å²) in [6.07, 6.45) is 11.4. The van der Waals surface area contributed by atoms with Crippen molar-refractivity contribution in [1.82, 2.24) is 24.3 Å². The second-order valence-corrected chi connectivity index (χ2v) is 9.52. The summed E-state index contributed by atoms with van der Waals surface area (Å²) in [6, 6.07) is 4.49. The average molecular weight is 394 g/mol. The molecule has 1 aliphatic carbocycles. The van der Waals surface area contributed by atoms with Crippen LogP contribution in [0.4, 0.5) is 0 Å². The summed E-state index contributed by atoms with van der Waals surface area (Å²) in [4.78, 5) is 27.3. The predicted octanol–water partition coefficient (Wildman–Crippen LogP) is 3.09. The summed E-state index contributed by atoms with van der Waals surface area (Å²) in [7, 11) is 0. The Balaban J connectivity index is 1.43. The first-order chi connectivity index (χ1) is 14.0. The Morgan fingerprint density at radius 1 is 1.31 bits per heavy atom. The van der Waals surface area contributed by atoms with Gasteiger partial charge in [-0.25, -0.2) is 4.98 Å². The molecule has 5 rings (SSSR count). The molecular weight excluding hydrogens is 362 g/mol. The molecule has 6 nitrogen and oxygen atoms in total. The molecule has 154 valence electrons. The topological polar surface area (TPSA) is 54.3 Å². The van der Waals surface area contributed by atoms with Gasteiger partial charge in [-0.3, -0.25) is 14.7 Å². The third-order valence-corrected chi connectivity index (χ3v) is 7.03. The van der Waals surface area contributed by atoms with E-state index < -0.39 is 0 Å². The van der Waals surface area contributed by atoms with Gasteiger partial charge in [0.2, 0.25) is 5.91 Å². The van der Waals surface area contributed by atoms with Gasteiger partial charge in [0.1, 0.15) is 0 Å². The van der Waals surface area contributed by atoms with Crippen LogP contribution in [0.3, 0.4) is 0 Å².